The van der Waals surface area contributed by atoms with Gasteiger partial charge < -0.3 is 0 Å². The summed E-state index contributed by atoms with van der Waals surface area (Å²) >= 11 is 0. The molecule has 0 amide bonds. The van der Waals surface area contributed by atoms with Crippen LogP contribution in [0.2, 0.25) is 0 Å². The molecule has 21 heavy (non-hydrogen) atoms. The number of nitro groups is 1. The van der Waals surface area contributed by atoms with Crippen molar-refractivity contribution in [3.63, 3.8) is 0 Å². The minimum Gasteiger partial charge on any atom is -0.287 e. The Bertz CT molecular complexity index is 653. The Morgan fingerprint density at radius 2 is 1.86 bits per heavy atom. The van der Waals surface area contributed by atoms with Crippen molar-refractivity contribution in [2.24, 2.45) is 5.92 Å². The fourth-order valence-corrected chi connectivity index (χ4v) is 3.46. The summed E-state index contributed by atoms with van der Waals surface area (Å²) in [6.07, 6.45) is 0. The van der Waals surface area contributed by atoms with Gasteiger partial charge in [-0.05, 0) is 38.3 Å². The van der Waals surface area contributed by atoms with Gasteiger partial charge >= 0.3 is 0 Å². The van der Waals surface area contributed by atoms with E-state index in [1.807, 2.05) is 18.7 Å². The molecule has 0 unspecified atom stereocenters. The number of hydrogen-bond donors (Lipinski definition) is 1. The zero-order valence-corrected chi connectivity index (χ0v) is 13.6. The number of sulfonamides is 1. The second-order valence-corrected chi connectivity index (χ2v) is 6.94. The van der Waals surface area contributed by atoms with Crippen molar-refractivity contribution >= 4 is 15.7 Å². The second kappa shape index (κ2) is 6.50. The molecule has 0 bridgehead atoms. The monoisotopic (exact) mass is 316 g/mol. The standard InChI is InChI=1S/C13H20N2O5S/c1-8(2)7-20-14-21(18,19)13-10(4)6-9(3)12(11(13)5)15(16)17/h6,8,14H,7H2,1-5H3. The lowest BCUT2D eigenvalue weighted by atomic mass is 10.1. The maximum Gasteiger partial charge on any atom is 0.276 e. The van der Waals surface area contributed by atoms with Gasteiger partial charge in [-0.1, -0.05) is 18.7 Å². The minimum absolute atomic E-state index is 0.108. The van der Waals surface area contributed by atoms with Crippen LogP contribution in [0.15, 0.2) is 11.0 Å². The normalized spacial score (nSPS) is 11.9. The van der Waals surface area contributed by atoms with Crippen molar-refractivity contribution in [2.45, 2.75) is 39.5 Å². The van der Waals surface area contributed by atoms with Gasteiger partial charge in [-0.15, -0.1) is 0 Å². The molecule has 0 spiro atoms. The molecule has 0 saturated heterocycles. The number of nitro benzene ring substituents is 1. The first-order valence-electron chi connectivity index (χ1n) is 6.46. The third-order valence-electron chi connectivity index (χ3n) is 2.90. The van der Waals surface area contributed by atoms with Gasteiger partial charge in [0.1, 0.15) is 0 Å². The Morgan fingerprint density at radius 3 is 2.33 bits per heavy atom. The van der Waals surface area contributed by atoms with Gasteiger partial charge in [-0.3, -0.25) is 15.0 Å². The van der Waals surface area contributed by atoms with Crippen molar-refractivity contribution in [3.05, 3.63) is 32.9 Å². The summed E-state index contributed by atoms with van der Waals surface area (Å²) in [7, 11) is -3.97. The van der Waals surface area contributed by atoms with Gasteiger partial charge in [-0.25, -0.2) is 8.42 Å². The molecule has 1 rings (SSSR count). The third-order valence-corrected chi connectivity index (χ3v) is 4.40. The third kappa shape index (κ3) is 3.99. The molecule has 118 valence electrons. The Kier molecular flexibility index (Phi) is 5.43. The highest BCUT2D eigenvalue weighted by Crippen LogP contribution is 2.31. The summed E-state index contributed by atoms with van der Waals surface area (Å²) in [5.41, 5.74) is 0.788. The largest absolute Gasteiger partial charge is 0.287 e. The number of nitrogens with zero attached hydrogens (tertiary/aromatic N) is 1. The fourth-order valence-electron chi connectivity index (χ4n) is 2.17. The van der Waals surface area contributed by atoms with Gasteiger partial charge in [0.05, 0.1) is 16.4 Å². The van der Waals surface area contributed by atoms with Crippen LogP contribution < -0.4 is 4.89 Å². The van der Waals surface area contributed by atoms with Crippen LogP contribution in [0, 0.1) is 36.8 Å². The van der Waals surface area contributed by atoms with E-state index in [0.29, 0.717) is 11.1 Å². The molecule has 0 fully saturated rings. The molecule has 0 radical (unpaired) electrons. The van der Waals surface area contributed by atoms with E-state index in [2.05, 4.69) is 0 Å². The Morgan fingerprint density at radius 1 is 1.29 bits per heavy atom. The topological polar surface area (TPSA) is 98.5 Å². The van der Waals surface area contributed by atoms with Gasteiger partial charge in [0.15, 0.2) is 0 Å². The minimum atomic E-state index is -3.97. The van der Waals surface area contributed by atoms with Gasteiger partial charge in [0, 0.05) is 11.1 Å². The van der Waals surface area contributed by atoms with Crippen LogP contribution in [0.25, 0.3) is 0 Å². The Hall–Kier alpha value is -1.51. The first kappa shape index (κ1) is 17.5. The highest BCUT2D eigenvalue weighted by molar-refractivity contribution is 7.89. The Labute approximate surface area is 124 Å². The smallest absolute Gasteiger partial charge is 0.276 e. The summed E-state index contributed by atoms with van der Waals surface area (Å²) in [6, 6.07) is 1.49. The van der Waals surface area contributed by atoms with Crippen molar-refractivity contribution in [1.82, 2.24) is 4.89 Å². The molecule has 0 aliphatic heterocycles. The van der Waals surface area contributed by atoms with E-state index in [1.165, 1.54) is 13.0 Å². The molecule has 1 N–H and O–H groups in total. The SMILES string of the molecule is Cc1cc(C)c(S(=O)(=O)NOCC(C)C)c(C)c1[N+](=O)[O-]. The summed E-state index contributed by atoms with van der Waals surface area (Å²) in [6.45, 7) is 8.57. The average molecular weight is 316 g/mol. The molecule has 1 aromatic rings. The zero-order valence-electron chi connectivity index (χ0n) is 12.8. The highest BCUT2D eigenvalue weighted by Gasteiger charge is 2.27. The molecule has 7 nitrogen and oxygen atoms in total. The summed E-state index contributed by atoms with van der Waals surface area (Å²) in [5.74, 6) is 0.155. The van der Waals surface area contributed by atoms with E-state index in [-0.39, 0.29) is 28.7 Å². The number of benzene rings is 1. The van der Waals surface area contributed by atoms with Crippen LogP contribution >= 0.6 is 0 Å². The second-order valence-electron chi connectivity index (χ2n) is 5.36. The lowest BCUT2D eigenvalue weighted by molar-refractivity contribution is -0.386. The molecule has 0 atom stereocenters. The van der Waals surface area contributed by atoms with Gasteiger partial charge in [0.2, 0.25) is 0 Å². The molecule has 0 aliphatic carbocycles. The predicted octanol–water partition coefficient (Wildman–Crippen LogP) is 2.39. The van der Waals surface area contributed by atoms with Crippen LogP contribution in [0.1, 0.15) is 30.5 Å². The lowest BCUT2D eigenvalue weighted by Gasteiger charge is -2.14. The molecule has 1 aromatic carbocycles. The molecule has 0 aliphatic rings. The quantitative estimate of drug-likeness (QED) is 0.641. The van der Waals surface area contributed by atoms with E-state index in [4.69, 9.17) is 4.84 Å². The van der Waals surface area contributed by atoms with Crippen molar-refractivity contribution in [2.75, 3.05) is 6.61 Å². The van der Waals surface area contributed by atoms with Gasteiger partial charge in [-0.2, -0.15) is 0 Å². The molecular weight excluding hydrogens is 296 g/mol. The number of hydrogen-bond acceptors (Lipinski definition) is 5. The van der Waals surface area contributed by atoms with E-state index in [1.54, 1.807) is 13.8 Å². The van der Waals surface area contributed by atoms with Crippen LogP contribution in [-0.2, 0) is 14.9 Å². The summed E-state index contributed by atoms with van der Waals surface area (Å²) in [4.78, 5) is 17.4. The van der Waals surface area contributed by atoms with Crippen LogP contribution in [0.3, 0.4) is 0 Å². The van der Waals surface area contributed by atoms with Crippen molar-refractivity contribution in [1.29, 1.82) is 0 Å². The van der Waals surface area contributed by atoms with E-state index in [0.717, 1.165) is 0 Å². The van der Waals surface area contributed by atoms with E-state index < -0.39 is 14.9 Å². The first-order chi connectivity index (χ1) is 9.58. The lowest BCUT2D eigenvalue weighted by Crippen LogP contribution is -2.27. The molecule has 0 saturated carbocycles. The Balaban J connectivity index is 3.29. The summed E-state index contributed by atoms with van der Waals surface area (Å²) in [5, 5.41) is 11.1. The number of nitrogens with one attached hydrogen (secondary N) is 1. The van der Waals surface area contributed by atoms with Crippen LogP contribution in [0.4, 0.5) is 5.69 Å². The summed E-state index contributed by atoms with van der Waals surface area (Å²) < 4.78 is 24.6. The zero-order chi connectivity index (χ0) is 16.4. The molecule has 8 heteroatoms. The molecule has 0 aromatic heterocycles. The molecule has 0 heterocycles. The average Bonchev–Trinajstić information content (AvgIpc) is 2.25. The predicted molar refractivity (Wildman–Crippen MR) is 78.4 cm³/mol. The first-order valence-corrected chi connectivity index (χ1v) is 7.95. The maximum absolute atomic E-state index is 12.3. The van der Waals surface area contributed by atoms with E-state index in [9.17, 15) is 18.5 Å². The number of aryl methyl sites for hydroxylation is 2. The van der Waals surface area contributed by atoms with Gasteiger partial charge in [0.25, 0.3) is 15.7 Å². The number of rotatable bonds is 6. The van der Waals surface area contributed by atoms with Crippen LogP contribution in [0.5, 0.6) is 0 Å². The fraction of sp³-hybridized carbons (Fsp3) is 0.538. The van der Waals surface area contributed by atoms with Crippen molar-refractivity contribution in [3.8, 4) is 0 Å². The molecular formula is C13H20N2O5S. The van der Waals surface area contributed by atoms with Crippen LogP contribution in [-0.4, -0.2) is 19.9 Å². The highest BCUT2D eigenvalue weighted by atomic mass is 32.2. The van der Waals surface area contributed by atoms with E-state index >= 15 is 0 Å². The maximum atomic E-state index is 12.3. The van der Waals surface area contributed by atoms with Crippen molar-refractivity contribution < 1.29 is 18.2 Å².